The molecule has 12 heteroatoms. The largest absolute Gasteiger partial charge is 0.368 e. The predicted molar refractivity (Wildman–Crippen MR) is 146 cm³/mol. The summed E-state index contributed by atoms with van der Waals surface area (Å²) in [6.45, 7) is 7.54. The van der Waals surface area contributed by atoms with E-state index in [1.165, 1.54) is 6.07 Å². The maximum atomic E-state index is 15.0. The van der Waals surface area contributed by atoms with Crippen molar-refractivity contribution in [1.82, 2.24) is 19.3 Å². The molecule has 5 rings (SSSR count). The number of rotatable bonds is 6. The molecule has 194 valence electrons. The van der Waals surface area contributed by atoms with E-state index in [9.17, 15) is 9.18 Å². The van der Waals surface area contributed by atoms with Crippen molar-refractivity contribution in [1.29, 1.82) is 0 Å². The Balaban J connectivity index is 1.38. The van der Waals surface area contributed by atoms with Crippen molar-refractivity contribution < 1.29 is 13.6 Å². The summed E-state index contributed by atoms with van der Waals surface area (Å²) in [6.07, 6.45) is 4.92. The normalized spacial score (nSPS) is 16.3. The van der Waals surface area contributed by atoms with Crippen molar-refractivity contribution in [2.75, 3.05) is 53.3 Å². The lowest BCUT2D eigenvalue weighted by Crippen LogP contribution is -2.43. The number of halogens is 2. The van der Waals surface area contributed by atoms with E-state index in [0.717, 1.165) is 49.8 Å². The van der Waals surface area contributed by atoms with E-state index >= 15 is 4.39 Å². The quantitative estimate of drug-likeness (QED) is 0.441. The monoisotopic (exact) mass is 543 g/mol. The number of nitrogens with one attached hydrogen (secondary N) is 1. The zero-order valence-corrected chi connectivity index (χ0v) is 22.4. The smallest absolute Gasteiger partial charge is 0.237 e. The number of carbonyl (C=O) groups is 1. The average molecular weight is 544 g/mol. The number of fused-ring (bicyclic) bond motifs is 1. The fourth-order valence-electron chi connectivity index (χ4n) is 4.46. The lowest BCUT2D eigenvalue weighted by Gasteiger charge is -2.34. The van der Waals surface area contributed by atoms with Gasteiger partial charge in [-0.2, -0.15) is 0 Å². The Kier molecular flexibility index (Phi) is 7.50. The minimum Gasteiger partial charge on any atom is -0.368 e. The van der Waals surface area contributed by atoms with Crippen LogP contribution in [-0.2, 0) is 4.79 Å². The van der Waals surface area contributed by atoms with Crippen molar-refractivity contribution in [3.63, 3.8) is 0 Å². The SMILES string of the molecule is CSN1CCN(c2ccc(Nc3ncc(F)c(-c4cc(F)c5c(c4)N(C(C)C)C(=O)CS5)n3)nc2)CC1. The molecule has 0 radical (unpaired) electrons. The van der Waals surface area contributed by atoms with E-state index in [0.29, 0.717) is 16.4 Å². The summed E-state index contributed by atoms with van der Waals surface area (Å²) >= 11 is 2.91. The standard InChI is InChI=1S/C25H27F2N7OS2/c1-15(2)34-20-11-16(10-18(26)24(20)37-14-22(34)35)23-19(27)13-29-25(31-23)30-21-5-4-17(12-28-21)32-6-8-33(36-3)9-7-32/h4-5,10-13,15H,6-9,14H2,1-3H3,(H,28,29,30,31). The van der Waals surface area contributed by atoms with Crippen LogP contribution in [0, 0.1) is 11.6 Å². The molecule has 0 spiro atoms. The molecule has 2 aromatic heterocycles. The van der Waals surface area contributed by atoms with Gasteiger partial charge < -0.3 is 15.1 Å². The molecular weight excluding hydrogens is 516 g/mol. The van der Waals surface area contributed by atoms with Crippen LogP contribution in [0.5, 0.6) is 0 Å². The van der Waals surface area contributed by atoms with Crippen LogP contribution in [0.1, 0.15) is 13.8 Å². The Bertz CT molecular complexity index is 1300. The van der Waals surface area contributed by atoms with Gasteiger partial charge in [0.15, 0.2) is 5.82 Å². The highest BCUT2D eigenvalue weighted by Gasteiger charge is 2.30. The molecule has 1 amide bonds. The molecular formula is C25H27F2N7OS2. The minimum absolute atomic E-state index is 0.0609. The van der Waals surface area contributed by atoms with Crippen molar-refractivity contribution in [3.8, 4) is 11.3 Å². The maximum absolute atomic E-state index is 15.0. The maximum Gasteiger partial charge on any atom is 0.237 e. The summed E-state index contributed by atoms with van der Waals surface area (Å²) in [7, 11) is 0. The molecule has 0 aliphatic carbocycles. The first kappa shape index (κ1) is 25.7. The van der Waals surface area contributed by atoms with Crippen molar-refractivity contribution >= 4 is 52.8 Å². The van der Waals surface area contributed by atoms with E-state index in [4.69, 9.17) is 0 Å². The van der Waals surface area contributed by atoms with Gasteiger partial charge >= 0.3 is 0 Å². The van der Waals surface area contributed by atoms with E-state index in [1.54, 1.807) is 29.1 Å². The van der Waals surface area contributed by atoms with Crippen LogP contribution in [-0.4, -0.2) is 69.4 Å². The second-order valence-electron chi connectivity index (χ2n) is 8.97. The highest BCUT2D eigenvalue weighted by Crippen LogP contribution is 2.41. The van der Waals surface area contributed by atoms with Crippen molar-refractivity contribution in [3.05, 3.63) is 48.3 Å². The molecule has 1 aromatic carbocycles. The minimum atomic E-state index is -0.691. The second kappa shape index (κ2) is 10.8. The number of benzene rings is 1. The van der Waals surface area contributed by atoms with Crippen LogP contribution in [0.15, 0.2) is 41.6 Å². The molecule has 0 saturated carbocycles. The number of aromatic nitrogens is 3. The van der Waals surface area contributed by atoms with E-state index in [2.05, 4.69) is 35.7 Å². The first-order valence-corrected chi connectivity index (χ1v) is 14.1. The van der Waals surface area contributed by atoms with Crippen molar-refractivity contribution in [2.24, 2.45) is 0 Å². The van der Waals surface area contributed by atoms with Gasteiger partial charge in [-0.15, -0.1) is 11.8 Å². The molecule has 37 heavy (non-hydrogen) atoms. The van der Waals surface area contributed by atoms with Crippen LogP contribution >= 0.6 is 23.7 Å². The molecule has 0 bridgehead atoms. The lowest BCUT2D eigenvalue weighted by atomic mass is 10.1. The summed E-state index contributed by atoms with van der Waals surface area (Å²) < 4.78 is 32.2. The number of thioether (sulfide) groups is 1. The van der Waals surface area contributed by atoms with Gasteiger partial charge in [0.25, 0.3) is 0 Å². The third-order valence-electron chi connectivity index (χ3n) is 6.28. The molecule has 4 heterocycles. The predicted octanol–water partition coefficient (Wildman–Crippen LogP) is 4.81. The third-order valence-corrected chi connectivity index (χ3v) is 8.24. The van der Waals surface area contributed by atoms with Gasteiger partial charge in [-0.25, -0.2) is 28.0 Å². The van der Waals surface area contributed by atoms with Crippen LogP contribution in [0.4, 0.5) is 31.9 Å². The number of carbonyl (C=O) groups excluding carboxylic acids is 1. The van der Waals surface area contributed by atoms with Gasteiger partial charge in [0, 0.05) is 37.8 Å². The Labute approximate surface area is 223 Å². The molecule has 1 saturated heterocycles. The molecule has 8 nitrogen and oxygen atoms in total. The zero-order chi connectivity index (χ0) is 26.1. The lowest BCUT2D eigenvalue weighted by molar-refractivity contribution is -0.116. The average Bonchev–Trinajstić information content (AvgIpc) is 2.89. The molecule has 2 aliphatic rings. The van der Waals surface area contributed by atoms with Gasteiger partial charge in [0.2, 0.25) is 11.9 Å². The van der Waals surface area contributed by atoms with Gasteiger partial charge in [-0.3, -0.25) is 4.79 Å². The van der Waals surface area contributed by atoms with E-state index in [-0.39, 0.29) is 34.9 Å². The Hall–Kier alpha value is -2.96. The fourth-order valence-corrected chi connectivity index (χ4v) is 5.90. The number of piperazine rings is 1. The molecule has 0 atom stereocenters. The summed E-state index contributed by atoms with van der Waals surface area (Å²) in [5, 5.41) is 3.01. The van der Waals surface area contributed by atoms with Gasteiger partial charge in [0.05, 0.1) is 34.4 Å². The zero-order valence-electron chi connectivity index (χ0n) is 20.7. The highest BCUT2D eigenvalue weighted by atomic mass is 32.2. The topological polar surface area (TPSA) is 77.5 Å². The van der Waals surface area contributed by atoms with Crippen molar-refractivity contribution in [2.45, 2.75) is 24.8 Å². The van der Waals surface area contributed by atoms with E-state index in [1.807, 2.05) is 26.0 Å². The van der Waals surface area contributed by atoms with Crippen LogP contribution in [0.3, 0.4) is 0 Å². The summed E-state index contributed by atoms with van der Waals surface area (Å²) in [6, 6.07) is 6.49. The number of anilines is 4. The number of hydrogen-bond donors (Lipinski definition) is 1. The number of nitrogens with zero attached hydrogens (tertiary/aromatic N) is 6. The molecule has 1 fully saturated rings. The Morgan fingerprint density at radius 2 is 1.84 bits per heavy atom. The van der Waals surface area contributed by atoms with Gasteiger partial charge in [0.1, 0.15) is 17.3 Å². The Morgan fingerprint density at radius 1 is 1.05 bits per heavy atom. The summed E-state index contributed by atoms with van der Waals surface area (Å²) in [4.78, 5) is 29.5. The van der Waals surface area contributed by atoms with Crippen LogP contribution < -0.4 is 15.1 Å². The molecule has 0 unspecified atom stereocenters. The fraction of sp³-hybridized carbons (Fsp3) is 0.360. The van der Waals surface area contributed by atoms with Gasteiger partial charge in [-0.05, 0) is 44.4 Å². The number of amides is 1. The van der Waals surface area contributed by atoms with Crippen LogP contribution in [0.25, 0.3) is 11.3 Å². The van der Waals surface area contributed by atoms with Gasteiger partial charge in [-0.1, -0.05) is 11.9 Å². The molecule has 3 aromatic rings. The third kappa shape index (κ3) is 5.36. The van der Waals surface area contributed by atoms with Crippen LogP contribution in [0.2, 0.25) is 0 Å². The first-order chi connectivity index (χ1) is 17.8. The molecule has 1 N–H and O–H groups in total. The molecule has 2 aliphatic heterocycles. The highest BCUT2D eigenvalue weighted by molar-refractivity contribution is 8.00. The number of pyridine rings is 1. The Morgan fingerprint density at radius 3 is 2.51 bits per heavy atom. The summed E-state index contributed by atoms with van der Waals surface area (Å²) in [5.41, 5.74) is 1.62. The second-order valence-corrected chi connectivity index (χ2v) is 10.8. The van der Waals surface area contributed by atoms with E-state index < -0.39 is 11.6 Å². The number of hydrogen-bond acceptors (Lipinski definition) is 9. The first-order valence-electron chi connectivity index (χ1n) is 11.9. The summed E-state index contributed by atoms with van der Waals surface area (Å²) in [5.74, 6) is -0.516.